The van der Waals surface area contributed by atoms with Crippen molar-refractivity contribution in [2.24, 2.45) is 5.92 Å². The van der Waals surface area contributed by atoms with Gasteiger partial charge in [-0.2, -0.15) is 0 Å². The lowest BCUT2D eigenvalue weighted by atomic mass is 10.0. The molecular weight excluding hydrogens is 360 g/mol. The highest BCUT2D eigenvalue weighted by molar-refractivity contribution is 5.95. The van der Waals surface area contributed by atoms with Crippen LogP contribution in [0.1, 0.15) is 29.0 Å². The number of carbonyl (C=O) groups is 2. The van der Waals surface area contributed by atoms with E-state index in [-0.39, 0.29) is 24.3 Å². The topological polar surface area (TPSA) is 79.7 Å². The molecule has 0 spiro atoms. The van der Waals surface area contributed by atoms with Crippen LogP contribution in [0.2, 0.25) is 0 Å². The van der Waals surface area contributed by atoms with E-state index in [0.29, 0.717) is 5.69 Å². The minimum atomic E-state index is -0.937. The molecule has 28 heavy (non-hydrogen) atoms. The fourth-order valence-electron chi connectivity index (χ4n) is 3.00. The van der Waals surface area contributed by atoms with Gasteiger partial charge in [-0.05, 0) is 24.6 Å². The zero-order valence-electron chi connectivity index (χ0n) is 15.7. The van der Waals surface area contributed by atoms with Crippen molar-refractivity contribution in [3.8, 4) is 0 Å². The monoisotopic (exact) mass is 382 g/mol. The van der Waals surface area contributed by atoms with Gasteiger partial charge < -0.3 is 18.8 Å². The minimum Gasteiger partial charge on any atom is -0.473 e. The maximum absolute atomic E-state index is 12.8. The smallest absolute Gasteiger partial charge is 0.335 e. The molecule has 3 rings (SSSR count). The van der Waals surface area contributed by atoms with E-state index in [1.54, 1.807) is 23.0 Å². The molecule has 0 bridgehead atoms. The predicted octanol–water partition coefficient (Wildman–Crippen LogP) is 2.91. The Bertz CT molecular complexity index is 860. The van der Waals surface area contributed by atoms with E-state index in [1.165, 1.54) is 25.8 Å². The number of ketones is 1. The Morgan fingerprint density at radius 1 is 1.21 bits per heavy atom. The van der Waals surface area contributed by atoms with Crippen LogP contribution in [0.15, 0.2) is 67.5 Å². The maximum atomic E-state index is 12.8. The van der Waals surface area contributed by atoms with Crippen LogP contribution < -0.4 is 0 Å². The molecule has 146 valence electrons. The zero-order valence-corrected chi connectivity index (χ0v) is 15.7. The lowest BCUT2D eigenvalue weighted by molar-refractivity contribution is -0.154. The van der Waals surface area contributed by atoms with Gasteiger partial charge in [0.15, 0.2) is 6.10 Å². The first kappa shape index (κ1) is 19.6. The Morgan fingerprint density at radius 3 is 2.61 bits per heavy atom. The van der Waals surface area contributed by atoms with Gasteiger partial charge in [-0.3, -0.25) is 4.79 Å². The van der Waals surface area contributed by atoms with Crippen LogP contribution in [-0.4, -0.2) is 41.1 Å². The van der Waals surface area contributed by atoms with E-state index in [9.17, 15) is 9.59 Å². The largest absolute Gasteiger partial charge is 0.473 e. The maximum Gasteiger partial charge on any atom is 0.335 e. The molecule has 0 fully saturated rings. The molecular formula is C21H22N2O5. The van der Waals surface area contributed by atoms with Crippen LogP contribution in [-0.2, 0) is 19.0 Å². The molecule has 0 radical (unpaired) electrons. The normalized spacial score (nSPS) is 15.6. The third-order valence-corrected chi connectivity index (χ3v) is 4.59. The van der Waals surface area contributed by atoms with E-state index in [2.05, 4.69) is 4.98 Å². The van der Waals surface area contributed by atoms with Gasteiger partial charge >= 0.3 is 5.97 Å². The fourth-order valence-corrected chi connectivity index (χ4v) is 3.00. The average Bonchev–Trinajstić information content (AvgIpc) is 3.24. The Kier molecular flexibility index (Phi) is 6.39. The van der Waals surface area contributed by atoms with Crippen molar-refractivity contribution in [2.45, 2.75) is 19.1 Å². The van der Waals surface area contributed by atoms with E-state index in [1.807, 2.05) is 37.3 Å². The molecule has 1 aliphatic rings. The van der Waals surface area contributed by atoms with E-state index >= 15 is 0 Å². The number of esters is 1. The first-order valence-electron chi connectivity index (χ1n) is 8.90. The van der Waals surface area contributed by atoms with Crippen LogP contribution in [0.25, 0.3) is 0 Å². The first-order chi connectivity index (χ1) is 13.6. The van der Waals surface area contributed by atoms with Crippen molar-refractivity contribution in [2.75, 3.05) is 13.7 Å². The number of Topliss-reactive ketones (excluding diaryl/α,β-unsaturated/α-hetero) is 1. The second-order valence-electron chi connectivity index (χ2n) is 6.32. The summed E-state index contributed by atoms with van der Waals surface area (Å²) in [6, 6.07) is 9.75. The summed E-state index contributed by atoms with van der Waals surface area (Å²) in [4.78, 5) is 29.0. The summed E-state index contributed by atoms with van der Waals surface area (Å²) in [6.45, 7) is 1.72. The van der Waals surface area contributed by atoms with Crippen LogP contribution >= 0.6 is 0 Å². The summed E-state index contributed by atoms with van der Waals surface area (Å²) in [5, 5.41) is 0. The molecule has 7 heteroatoms. The van der Waals surface area contributed by atoms with E-state index in [4.69, 9.17) is 14.2 Å². The average molecular weight is 382 g/mol. The summed E-state index contributed by atoms with van der Waals surface area (Å²) >= 11 is 0. The lowest BCUT2D eigenvalue weighted by Gasteiger charge is -2.22. The number of imidazole rings is 1. The molecule has 2 aromatic rings. The zero-order chi connectivity index (χ0) is 19.9. The molecule has 1 aromatic heterocycles. The van der Waals surface area contributed by atoms with Gasteiger partial charge in [0.1, 0.15) is 12.3 Å². The Morgan fingerprint density at radius 2 is 1.93 bits per heavy atom. The van der Waals surface area contributed by atoms with Crippen molar-refractivity contribution in [1.82, 2.24) is 9.55 Å². The summed E-state index contributed by atoms with van der Waals surface area (Å²) in [7, 11) is 1.28. The second kappa shape index (κ2) is 9.14. The third kappa shape index (κ3) is 4.37. The number of hydrogen-bond donors (Lipinski definition) is 0. The van der Waals surface area contributed by atoms with Crippen LogP contribution in [0, 0.1) is 5.92 Å². The highest BCUT2D eigenvalue weighted by Gasteiger charge is 2.29. The molecule has 2 heterocycles. The number of benzene rings is 1. The molecule has 1 aromatic carbocycles. The van der Waals surface area contributed by atoms with Gasteiger partial charge in [0.25, 0.3) is 0 Å². The summed E-state index contributed by atoms with van der Waals surface area (Å²) in [5.41, 5.74) is 1.47. The summed E-state index contributed by atoms with van der Waals surface area (Å²) in [6.07, 6.45) is 8.46. The Labute approximate surface area is 163 Å². The van der Waals surface area contributed by atoms with Gasteiger partial charge in [-0.15, -0.1) is 0 Å². The number of carbonyl (C=O) groups excluding carboxylic acids is 2. The molecule has 1 unspecified atom stereocenters. The molecule has 2 atom stereocenters. The molecule has 0 aliphatic carbocycles. The van der Waals surface area contributed by atoms with Crippen molar-refractivity contribution < 1.29 is 23.8 Å². The number of hydrogen-bond acceptors (Lipinski definition) is 6. The van der Waals surface area contributed by atoms with Crippen molar-refractivity contribution in [3.63, 3.8) is 0 Å². The quantitative estimate of drug-likeness (QED) is 0.516. The first-order valence-corrected chi connectivity index (χ1v) is 8.90. The predicted molar refractivity (Wildman–Crippen MR) is 101 cm³/mol. The second-order valence-corrected chi connectivity index (χ2v) is 6.32. The van der Waals surface area contributed by atoms with Crippen molar-refractivity contribution in [3.05, 3.63) is 78.8 Å². The fraction of sp³-hybridized carbons (Fsp3) is 0.286. The van der Waals surface area contributed by atoms with Gasteiger partial charge in [0, 0.05) is 5.92 Å². The van der Waals surface area contributed by atoms with Crippen molar-refractivity contribution >= 4 is 11.8 Å². The molecule has 0 N–H and O–H groups in total. The third-order valence-electron chi connectivity index (χ3n) is 4.59. The summed E-state index contributed by atoms with van der Waals surface area (Å²) in [5.74, 6) is -1.20. The van der Waals surface area contributed by atoms with Gasteiger partial charge in [-0.1, -0.05) is 30.3 Å². The van der Waals surface area contributed by atoms with Gasteiger partial charge in [0.05, 0.1) is 38.2 Å². The lowest BCUT2D eigenvalue weighted by Crippen LogP contribution is -2.34. The van der Waals surface area contributed by atoms with E-state index in [0.717, 1.165) is 5.56 Å². The highest BCUT2D eigenvalue weighted by atomic mass is 16.6. The number of aromatic nitrogens is 2. The van der Waals surface area contributed by atoms with E-state index < -0.39 is 12.1 Å². The number of nitrogens with zero attached hydrogens (tertiary/aromatic N) is 2. The Balaban J connectivity index is 1.72. The number of ether oxygens (including phenoxy) is 3. The number of methoxy groups -OCH3 is 1. The molecule has 7 nitrogen and oxygen atoms in total. The van der Waals surface area contributed by atoms with Gasteiger partial charge in [0.2, 0.25) is 5.78 Å². The van der Waals surface area contributed by atoms with Gasteiger partial charge in [-0.25, -0.2) is 9.78 Å². The molecule has 0 saturated heterocycles. The summed E-state index contributed by atoms with van der Waals surface area (Å²) < 4.78 is 17.2. The highest BCUT2D eigenvalue weighted by Crippen LogP contribution is 2.21. The molecule has 0 amide bonds. The standard InChI is InChI=1S/C21H22N2O5/c1-15(16-6-4-3-5-7-16)23-14-22-12-18(23)19(24)13-28-20(21(25)26-2)17-8-10-27-11-9-17/h3-12,14-15,17,20H,13H2,1-2H3/t15-,20?/m1/s1. The SMILES string of the molecule is COC(=O)C(OCC(=O)c1cncn1[C@H](C)c1ccccc1)C1C=COC=C1. The van der Waals surface area contributed by atoms with Crippen molar-refractivity contribution in [1.29, 1.82) is 0 Å². The molecule has 1 aliphatic heterocycles. The van der Waals surface area contributed by atoms with Crippen LogP contribution in [0.4, 0.5) is 0 Å². The van der Waals surface area contributed by atoms with Crippen LogP contribution in [0.3, 0.4) is 0 Å². The Hall–Kier alpha value is -3.19. The minimum absolute atomic E-state index is 0.0691. The number of rotatable bonds is 8. The molecule has 0 saturated carbocycles. The van der Waals surface area contributed by atoms with Crippen LogP contribution in [0.5, 0.6) is 0 Å².